The molecule has 0 bridgehead atoms. The van der Waals surface area contributed by atoms with E-state index in [2.05, 4.69) is 10.0 Å². The summed E-state index contributed by atoms with van der Waals surface area (Å²) < 4.78 is 42.5. The van der Waals surface area contributed by atoms with Gasteiger partial charge in [-0.05, 0) is 5.53 Å². The maximum atomic E-state index is 10.5. The minimum absolute atomic E-state index is 0.221. The fourth-order valence-corrected chi connectivity index (χ4v) is 1.96. The highest BCUT2D eigenvalue weighted by Crippen LogP contribution is 1.86. The Balaban J connectivity index is 3.02. The zero-order valence-corrected chi connectivity index (χ0v) is 18.8. The maximum absolute atomic E-state index is 10.5. The zero-order valence-electron chi connectivity index (χ0n) is 18.8. The molecule has 0 spiro atoms. The summed E-state index contributed by atoms with van der Waals surface area (Å²) >= 11 is 0. The molecule has 13 heteroatoms. The monoisotopic (exact) mass is 466 g/mol. The van der Waals surface area contributed by atoms with Gasteiger partial charge in [-0.15, -0.1) is 0 Å². The van der Waals surface area contributed by atoms with Gasteiger partial charge in [0.1, 0.15) is 0 Å². The van der Waals surface area contributed by atoms with E-state index in [0.717, 1.165) is 0 Å². The van der Waals surface area contributed by atoms with Crippen molar-refractivity contribution in [3.63, 3.8) is 0 Å². The average molecular weight is 467 g/mol. The number of amides is 1. The van der Waals surface area contributed by atoms with Crippen LogP contribution >= 0.6 is 0 Å². The molecule has 0 aliphatic rings. The number of carbonyl (C=O) groups is 1. The van der Waals surface area contributed by atoms with Gasteiger partial charge in [0, 0.05) is 17.9 Å². The summed E-state index contributed by atoms with van der Waals surface area (Å²) in [6.07, 6.45) is 0.221. The smallest absolute Gasteiger partial charge is 0.219 e. The molecule has 0 aliphatic carbocycles. The van der Waals surface area contributed by atoms with Crippen molar-refractivity contribution in [1.29, 1.82) is 0 Å². The molecule has 0 fully saturated rings. The van der Waals surface area contributed by atoms with E-state index in [-0.39, 0.29) is 12.3 Å². The van der Waals surface area contributed by atoms with Gasteiger partial charge in [-0.25, -0.2) is 0 Å². The van der Waals surface area contributed by atoms with Gasteiger partial charge in [0.2, 0.25) is 5.91 Å². The van der Waals surface area contributed by atoms with Crippen molar-refractivity contribution in [2.75, 3.05) is 112 Å². The number of hydrogen-bond acceptors (Lipinski definition) is 10. The molecule has 0 saturated heterocycles. The molecule has 2 N–H and O–H groups in total. The highest BCUT2D eigenvalue weighted by atomic mass is 16.6. The number of azide groups is 1. The summed E-state index contributed by atoms with van der Waals surface area (Å²) in [7, 11) is 0. The molecule has 0 aromatic heterocycles. The minimum Gasteiger partial charge on any atom is -0.379 e. The summed E-state index contributed by atoms with van der Waals surface area (Å²) in [5.41, 5.74) is 13.1. The average Bonchev–Trinajstić information content (AvgIpc) is 2.78. The number of ether oxygens (including phenoxy) is 8. The van der Waals surface area contributed by atoms with Crippen molar-refractivity contribution in [1.82, 2.24) is 0 Å². The fourth-order valence-electron chi connectivity index (χ4n) is 1.96. The second kappa shape index (κ2) is 27.5. The van der Waals surface area contributed by atoms with Gasteiger partial charge < -0.3 is 43.6 Å². The van der Waals surface area contributed by atoms with Crippen LogP contribution in [0.15, 0.2) is 5.11 Å². The van der Waals surface area contributed by atoms with Gasteiger partial charge >= 0.3 is 0 Å². The van der Waals surface area contributed by atoms with Crippen LogP contribution in [0.1, 0.15) is 6.42 Å². The Morgan fingerprint density at radius 2 is 0.844 bits per heavy atom. The molecule has 1 amide bonds. The maximum Gasteiger partial charge on any atom is 0.219 e. The molecule has 0 unspecified atom stereocenters. The molecule has 0 saturated carbocycles. The number of hydrogen-bond donors (Lipinski definition) is 1. The topological polar surface area (TPSA) is 166 Å². The normalized spacial score (nSPS) is 10.9. The third-order valence-electron chi connectivity index (χ3n) is 3.50. The van der Waals surface area contributed by atoms with E-state index in [1.165, 1.54) is 0 Å². The van der Waals surface area contributed by atoms with E-state index >= 15 is 0 Å². The van der Waals surface area contributed by atoms with Crippen LogP contribution in [0, 0.1) is 0 Å². The molecule has 0 rings (SSSR count). The van der Waals surface area contributed by atoms with E-state index in [0.29, 0.717) is 112 Å². The van der Waals surface area contributed by atoms with Gasteiger partial charge in [-0.2, -0.15) is 0 Å². The van der Waals surface area contributed by atoms with Crippen molar-refractivity contribution in [2.24, 2.45) is 10.8 Å². The van der Waals surface area contributed by atoms with Crippen LogP contribution in [0.25, 0.3) is 10.4 Å². The lowest BCUT2D eigenvalue weighted by Gasteiger charge is -2.08. The Bertz CT molecular complexity index is 429. The summed E-state index contributed by atoms with van der Waals surface area (Å²) in [5.74, 6) is -0.375. The van der Waals surface area contributed by atoms with E-state index < -0.39 is 0 Å². The molecule has 0 aromatic carbocycles. The summed E-state index contributed by atoms with van der Waals surface area (Å²) in [4.78, 5) is 13.1. The van der Waals surface area contributed by atoms with Gasteiger partial charge in [0.05, 0.1) is 106 Å². The Kier molecular flexibility index (Phi) is 26.2. The molecule has 0 atom stereocenters. The first-order chi connectivity index (χ1) is 15.8. The van der Waals surface area contributed by atoms with Crippen LogP contribution in [-0.2, 0) is 42.7 Å². The Labute approximate surface area is 189 Å². The Hall–Kier alpha value is -1.54. The third kappa shape index (κ3) is 28.5. The number of carbonyl (C=O) groups excluding carboxylic acids is 1. The predicted octanol–water partition coefficient (Wildman–Crippen LogP) is 0.305. The van der Waals surface area contributed by atoms with E-state index in [1.54, 1.807) is 0 Å². The first kappa shape index (κ1) is 30.5. The van der Waals surface area contributed by atoms with Crippen LogP contribution in [0.3, 0.4) is 0 Å². The van der Waals surface area contributed by atoms with Crippen LogP contribution in [0.5, 0.6) is 0 Å². The predicted molar refractivity (Wildman–Crippen MR) is 114 cm³/mol. The number of rotatable bonds is 27. The third-order valence-corrected chi connectivity index (χ3v) is 3.50. The Morgan fingerprint density at radius 1 is 0.562 bits per heavy atom. The van der Waals surface area contributed by atoms with Gasteiger partial charge in [-0.3, -0.25) is 4.79 Å². The van der Waals surface area contributed by atoms with Crippen molar-refractivity contribution >= 4 is 5.91 Å². The van der Waals surface area contributed by atoms with Crippen LogP contribution in [0.4, 0.5) is 0 Å². The number of nitrogens with zero attached hydrogens (tertiary/aromatic N) is 3. The molecule has 32 heavy (non-hydrogen) atoms. The van der Waals surface area contributed by atoms with Crippen molar-refractivity contribution < 1.29 is 42.7 Å². The quantitative estimate of drug-likeness (QED) is 0.0775. The summed E-state index contributed by atoms with van der Waals surface area (Å²) in [6, 6.07) is 0. The van der Waals surface area contributed by atoms with Crippen LogP contribution in [-0.4, -0.2) is 118 Å². The molecule has 0 heterocycles. The fraction of sp³-hybridized carbons (Fsp3) is 0.947. The highest BCUT2D eigenvalue weighted by Gasteiger charge is 1.96. The van der Waals surface area contributed by atoms with Crippen LogP contribution in [0.2, 0.25) is 0 Å². The van der Waals surface area contributed by atoms with E-state index in [9.17, 15) is 4.79 Å². The first-order valence-corrected chi connectivity index (χ1v) is 10.7. The second-order valence-corrected chi connectivity index (χ2v) is 6.07. The largest absolute Gasteiger partial charge is 0.379 e. The van der Waals surface area contributed by atoms with Gasteiger partial charge in [0.25, 0.3) is 0 Å². The van der Waals surface area contributed by atoms with E-state index in [1.807, 2.05) is 0 Å². The first-order valence-electron chi connectivity index (χ1n) is 10.7. The van der Waals surface area contributed by atoms with Crippen molar-refractivity contribution in [3.8, 4) is 0 Å². The Morgan fingerprint density at radius 3 is 1.12 bits per heavy atom. The lowest BCUT2D eigenvalue weighted by molar-refractivity contribution is -0.119. The number of primary amides is 1. The summed E-state index contributed by atoms with van der Waals surface area (Å²) in [5, 5.41) is 3.36. The van der Waals surface area contributed by atoms with E-state index in [4.69, 9.17) is 49.2 Å². The van der Waals surface area contributed by atoms with Crippen LogP contribution < -0.4 is 5.73 Å². The molecule has 0 aromatic rings. The molecular weight excluding hydrogens is 428 g/mol. The summed E-state index contributed by atoms with van der Waals surface area (Å²) in [6.45, 7) is 7.70. The lowest BCUT2D eigenvalue weighted by atomic mass is 10.4. The molecule has 0 radical (unpaired) electrons. The van der Waals surface area contributed by atoms with Gasteiger partial charge in [0.15, 0.2) is 0 Å². The molecule has 13 nitrogen and oxygen atoms in total. The molecular formula is C19H38N4O9. The van der Waals surface area contributed by atoms with Crippen molar-refractivity contribution in [2.45, 2.75) is 6.42 Å². The lowest BCUT2D eigenvalue weighted by Crippen LogP contribution is -2.16. The molecule has 188 valence electrons. The van der Waals surface area contributed by atoms with Crippen molar-refractivity contribution in [3.05, 3.63) is 10.4 Å². The van der Waals surface area contributed by atoms with Gasteiger partial charge in [-0.1, -0.05) is 5.11 Å². The standard InChI is InChI=1S/C19H38N4O9/c20-19(24)1-3-25-5-7-27-9-11-29-13-15-31-17-18-32-16-14-30-12-10-28-8-6-26-4-2-22-23-21/h1-18H2,(H2,20,24). The zero-order chi connectivity index (χ0) is 23.4. The SMILES string of the molecule is [N-]=[N+]=NCCOCCOCCOCCOCCOCCOCCOCCOCCC(N)=O. The highest BCUT2D eigenvalue weighted by molar-refractivity contribution is 5.73. The second-order valence-electron chi connectivity index (χ2n) is 6.07. The number of nitrogens with two attached hydrogens (primary N) is 1. The minimum atomic E-state index is -0.375. The molecule has 0 aliphatic heterocycles.